The number of carbonyl (C=O) groups excluding carboxylic acids is 2. The van der Waals surface area contributed by atoms with Crippen LogP contribution >= 0.6 is 0 Å². The summed E-state index contributed by atoms with van der Waals surface area (Å²) < 4.78 is 5.31. The number of aromatic nitrogens is 2. The molecule has 0 radical (unpaired) electrons. The highest BCUT2D eigenvalue weighted by Gasteiger charge is 2.22. The highest BCUT2D eigenvalue weighted by molar-refractivity contribution is 5.94. The van der Waals surface area contributed by atoms with E-state index in [1.807, 2.05) is 12.1 Å². The number of hydrogen-bond donors (Lipinski definition) is 2. The van der Waals surface area contributed by atoms with Crippen LogP contribution in [0.5, 0.6) is 0 Å². The van der Waals surface area contributed by atoms with Gasteiger partial charge in [0.15, 0.2) is 5.69 Å². The molecule has 0 aliphatic heterocycles. The van der Waals surface area contributed by atoms with Gasteiger partial charge in [0.05, 0.1) is 0 Å². The minimum absolute atomic E-state index is 0.122. The lowest BCUT2D eigenvalue weighted by atomic mass is 10.1. The van der Waals surface area contributed by atoms with Crippen molar-refractivity contribution in [1.29, 1.82) is 0 Å². The van der Waals surface area contributed by atoms with Gasteiger partial charge in [0.1, 0.15) is 5.76 Å². The van der Waals surface area contributed by atoms with E-state index in [1.54, 1.807) is 12.4 Å². The van der Waals surface area contributed by atoms with Crippen molar-refractivity contribution >= 4 is 11.8 Å². The first kappa shape index (κ1) is 17.1. The van der Waals surface area contributed by atoms with E-state index in [-0.39, 0.29) is 24.8 Å². The molecule has 2 aromatic heterocycles. The third-order valence-electron chi connectivity index (χ3n) is 4.27. The van der Waals surface area contributed by atoms with Crippen LogP contribution in [0.3, 0.4) is 0 Å². The highest BCUT2D eigenvalue weighted by atomic mass is 16.5. The molecule has 0 aromatic carbocycles. The second-order valence-electron chi connectivity index (χ2n) is 6.14. The predicted molar refractivity (Wildman–Crippen MR) is 90.8 cm³/mol. The molecule has 0 saturated carbocycles. The summed E-state index contributed by atoms with van der Waals surface area (Å²) in [5.41, 5.74) is 2.23. The van der Waals surface area contributed by atoms with Crippen LogP contribution in [0, 0.1) is 0 Å². The Labute approximate surface area is 146 Å². The van der Waals surface area contributed by atoms with Gasteiger partial charge in [-0.3, -0.25) is 14.6 Å². The van der Waals surface area contributed by atoms with Crippen LogP contribution in [0.2, 0.25) is 0 Å². The van der Waals surface area contributed by atoms with Crippen LogP contribution in [-0.2, 0) is 24.2 Å². The summed E-state index contributed by atoms with van der Waals surface area (Å²) in [5.74, 6) is 0.437. The lowest BCUT2D eigenvalue weighted by Crippen LogP contribution is -2.31. The molecule has 0 bridgehead atoms. The van der Waals surface area contributed by atoms with Gasteiger partial charge in [-0.05, 0) is 30.9 Å². The zero-order valence-electron chi connectivity index (χ0n) is 14.1. The van der Waals surface area contributed by atoms with E-state index < -0.39 is 0 Å². The first-order valence-corrected chi connectivity index (χ1v) is 8.65. The normalized spacial score (nSPS) is 13.6. The Balaban J connectivity index is 1.43. The average Bonchev–Trinajstić information content (AvgIpc) is 2.89. The van der Waals surface area contributed by atoms with E-state index in [2.05, 4.69) is 20.8 Å². The molecule has 0 fully saturated rings. The summed E-state index contributed by atoms with van der Waals surface area (Å²) >= 11 is 0. The fraction of sp³-hybridized carbons (Fsp3) is 0.444. The Kier molecular flexibility index (Phi) is 5.77. The summed E-state index contributed by atoms with van der Waals surface area (Å²) in [4.78, 5) is 28.1. The Morgan fingerprint density at radius 1 is 1.16 bits per heavy atom. The van der Waals surface area contributed by atoms with Crippen molar-refractivity contribution < 1.29 is 14.1 Å². The summed E-state index contributed by atoms with van der Waals surface area (Å²) in [6.07, 6.45) is 8.53. The Hall–Kier alpha value is -2.70. The first-order chi connectivity index (χ1) is 12.2. The molecule has 7 heteroatoms. The van der Waals surface area contributed by atoms with E-state index in [0.717, 1.165) is 49.0 Å². The van der Waals surface area contributed by atoms with Crippen LogP contribution in [0.4, 0.5) is 0 Å². The topological polar surface area (TPSA) is 97.1 Å². The second-order valence-corrected chi connectivity index (χ2v) is 6.14. The number of fused-ring (bicyclic) bond motifs is 1. The lowest BCUT2D eigenvalue weighted by Gasteiger charge is -2.06. The van der Waals surface area contributed by atoms with Crippen molar-refractivity contribution in [1.82, 2.24) is 20.8 Å². The second kappa shape index (κ2) is 8.41. The van der Waals surface area contributed by atoms with E-state index in [4.69, 9.17) is 4.52 Å². The molecule has 1 aliphatic rings. The molecule has 3 rings (SSSR count). The zero-order chi connectivity index (χ0) is 17.5. The van der Waals surface area contributed by atoms with Crippen LogP contribution in [0.15, 0.2) is 29.0 Å². The molecule has 2 N–H and O–H groups in total. The van der Waals surface area contributed by atoms with Crippen LogP contribution in [-0.4, -0.2) is 28.5 Å². The number of rotatable bonds is 6. The molecule has 7 nitrogen and oxygen atoms in total. The number of carbonyl (C=O) groups is 2. The number of nitrogens with zero attached hydrogens (tertiary/aromatic N) is 2. The molecule has 0 unspecified atom stereocenters. The third-order valence-corrected chi connectivity index (χ3v) is 4.27. The van der Waals surface area contributed by atoms with E-state index in [1.165, 1.54) is 0 Å². The number of aryl methyl sites for hydroxylation is 1. The molecule has 0 saturated heterocycles. The molecule has 25 heavy (non-hydrogen) atoms. The van der Waals surface area contributed by atoms with Gasteiger partial charge < -0.3 is 15.2 Å². The maximum atomic E-state index is 12.3. The van der Waals surface area contributed by atoms with Crippen molar-refractivity contribution in [3.05, 3.63) is 47.1 Å². The number of pyridine rings is 1. The van der Waals surface area contributed by atoms with E-state index >= 15 is 0 Å². The summed E-state index contributed by atoms with van der Waals surface area (Å²) in [5, 5.41) is 9.47. The molecule has 2 heterocycles. The maximum absolute atomic E-state index is 12.3. The third kappa shape index (κ3) is 4.65. The fourth-order valence-corrected chi connectivity index (χ4v) is 2.90. The standard InChI is InChI=1S/C18H22N4O3/c23-16(21-12-13-5-4-9-19-11-13)8-10-20-18(24)17-14-6-2-1-3-7-15(14)25-22-17/h4-5,9,11H,1-3,6-8,10,12H2,(H,20,24)(H,21,23). The van der Waals surface area contributed by atoms with Gasteiger partial charge in [-0.15, -0.1) is 0 Å². The van der Waals surface area contributed by atoms with Crippen molar-refractivity contribution in [3.63, 3.8) is 0 Å². The highest BCUT2D eigenvalue weighted by Crippen LogP contribution is 2.23. The Morgan fingerprint density at radius 2 is 2.04 bits per heavy atom. The van der Waals surface area contributed by atoms with Gasteiger partial charge in [-0.25, -0.2) is 0 Å². The number of hydrogen-bond acceptors (Lipinski definition) is 5. The van der Waals surface area contributed by atoms with Crippen LogP contribution in [0.25, 0.3) is 0 Å². The Bertz CT molecular complexity index is 727. The van der Waals surface area contributed by atoms with Crippen LogP contribution < -0.4 is 10.6 Å². The molecule has 2 aromatic rings. The van der Waals surface area contributed by atoms with Gasteiger partial charge in [0, 0.05) is 43.9 Å². The van der Waals surface area contributed by atoms with Gasteiger partial charge in [0.2, 0.25) is 5.91 Å². The molecule has 2 amide bonds. The largest absolute Gasteiger partial charge is 0.360 e. The molecular weight excluding hydrogens is 320 g/mol. The first-order valence-electron chi connectivity index (χ1n) is 8.65. The SMILES string of the molecule is O=C(CCNC(=O)c1noc2c1CCCCC2)NCc1cccnc1. The predicted octanol–water partition coefficient (Wildman–Crippen LogP) is 1.77. The van der Waals surface area contributed by atoms with Crippen molar-refractivity contribution in [3.8, 4) is 0 Å². The zero-order valence-corrected chi connectivity index (χ0v) is 14.1. The average molecular weight is 342 g/mol. The smallest absolute Gasteiger partial charge is 0.273 e. The summed E-state index contributed by atoms with van der Waals surface area (Å²) in [6, 6.07) is 3.72. The number of amides is 2. The van der Waals surface area contributed by atoms with Gasteiger partial charge >= 0.3 is 0 Å². The van der Waals surface area contributed by atoms with Gasteiger partial charge in [-0.1, -0.05) is 17.6 Å². The molecule has 0 atom stereocenters. The van der Waals surface area contributed by atoms with Gasteiger partial charge in [0.25, 0.3) is 5.91 Å². The Morgan fingerprint density at radius 3 is 2.88 bits per heavy atom. The molecular formula is C18H22N4O3. The number of nitrogens with one attached hydrogen (secondary N) is 2. The van der Waals surface area contributed by atoms with E-state index in [9.17, 15) is 9.59 Å². The molecule has 132 valence electrons. The molecule has 0 spiro atoms. The van der Waals surface area contributed by atoms with Crippen molar-refractivity contribution in [2.75, 3.05) is 6.54 Å². The summed E-state index contributed by atoms with van der Waals surface area (Å²) in [6.45, 7) is 0.691. The lowest BCUT2D eigenvalue weighted by molar-refractivity contribution is -0.121. The monoisotopic (exact) mass is 342 g/mol. The van der Waals surface area contributed by atoms with Crippen molar-refractivity contribution in [2.45, 2.75) is 45.1 Å². The van der Waals surface area contributed by atoms with Gasteiger partial charge in [-0.2, -0.15) is 0 Å². The molecule has 1 aliphatic carbocycles. The minimum atomic E-state index is -0.271. The van der Waals surface area contributed by atoms with Crippen molar-refractivity contribution in [2.24, 2.45) is 0 Å². The van der Waals surface area contributed by atoms with Crippen LogP contribution in [0.1, 0.15) is 53.1 Å². The summed E-state index contributed by atoms with van der Waals surface area (Å²) in [7, 11) is 0. The maximum Gasteiger partial charge on any atom is 0.273 e. The van der Waals surface area contributed by atoms with E-state index in [0.29, 0.717) is 12.2 Å². The fourth-order valence-electron chi connectivity index (χ4n) is 2.90. The quantitative estimate of drug-likeness (QED) is 0.780. The minimum Gasteiger partial charge on any atom is -0.360 e.